The monoisotopic (exact) mass is 525 g/mol. The lowest BCUT2D eigenvalue weighted by molar-refractivity contribution is -0.163. The minimum atomic E-state index is -1.41. The van der Waals surface area contributed by atoms with Gasteiger partial charge in [0.05, 0.1) is 13.2 Å². The van der Waals surface area contributed by atoms with Crippen LogP contribution in [-0.2, 0) is 32.0 Å². The van der Waals surface area contributed by atoms with Crippen molar-refractivity contribution in [3.8, 4) is 0 Å². The topological polar surface area (TPSA) is 79.0 Å². The quantitative estimate of drug-likeness (QED) is 0.629. The molecule has 5 rings (SSSR count). The van der Waals surface area contributed by atoms with E-state index in [-0.39, 0.29) is 36.4 Å². The molecule has 202 valence electrons. The molecule has 0 saturated carbocycles. The predicted molar refractivity (Wildman–Crippen MR) is 136 cm³/mol. The number of carbonyl (C=O) groups excluding carboxylic acids is 3. The SMILES string of the molecule is CCC(C)C1C(=O)NC(C2Cc3ccccc3C2)C(=O)N1C(C(=O)N1CCOCC1)c1ccc(F)cc1F. The molecule has 3 aliphatic rings. The second-order valence-corrected chi connectivity index (χ2v) is 10.5. The maximum atomic E-state index is 15.3. The highest BCUT2D eigenvalue weighted by Crippen LogP contribution is 2.37. The van der Waals surface area contributed by atoms with Crippen molar-refractivity contribution in [1.82, 2.24) is 15.1 Å². The number of ether oxygens (including phenoxy) is 1. The number of amides is 3. The Labute approximate surface area is 221 Å². The number of morpholine rings is 1. The van der Waals surface area contributed by atoms with E-state index in [0.29, 0.717) is 38.5 Å². The summed E-state index contributed by atoms with van der Waals surface area (Å²) in [5, 5.41) is 2.96. The molecular formula is C29H33F2N3O4. The summed E-state index contributed by atoms with van der Waals surface area (Å²) in [5.74, 6) is -3.48. The van der Waals surface area contributed by atoms with Crippen molar-refractivity contribution in [2.75, 3.05) is 26.3 Å². The summed E-state index contributed by atoms with van der Waals surface area (Å²) in [5.41, 5.74) is 2.13. The number of nitrogens with one attached hydrogen (secondary N) is 1. The van der Waals surface area contributed by atoms with E-state index >= 15 is 4.39 Å². The molecule has 7 nitrogen and oxygen atoms in total. The summed E-state index contributed by atoms with van der Waals surface area (Å²) in [7, 11) is 0. The number of fused-ring (bicyclic) bond motifs is 1. The third-order valence-corrected chi connectivity index (χ3v) is 8.22. The molecule has 0 aromatic heterocycles. The molecule has 0 radical (unpaired) electrons. The molecule has 1 N–H and O–H groups in total. The molecule has 2 fully saturated rings. The standard InChI is InChI=1S/C29H33F2N3O4/c1-3-17(2)25-27(35)32-24(20-14-18-6-4-5-7-19(18)15-20)28(36)34(25)26(22-9-8-21(30)16-23(22)31)29(37)33-10-12-38-13-11-33/h4-9,16-17,20,24-26H,3,10-15H2,1-2H3,(H,32,35). The van der Waals surface area contributed by atoms with Gasteiger partial charge in [-0.2, -0.15) is 0 Å². The zero-order valence-corrected chi connectivity index (χ0v) is 21.7. The normalized spacial score (nSPS) is 23.7. The Bertz CT molecular complexity index is 1210. The predicted octanol–water partition coefficient (Wildman–Crippen LogP) is 3.02. The Morgan fingerprint density at radius 1 is 1.08 bits per heavy atom. The van der Waals surface area contributed by atoms with Crippen LogP contribution in [0.3, 0.4) is 0 Å². The molecule has 2 heterocycles. The Morgan fingerprint density at radius 3 is 2.34 bits per heavy atom. The molecule has 2 saturated heterocycles. The molecule has 0 spiro atoms. The lowest BCUT2D eigenvalue weighted by Crippen LogP contribution is -2.68. The Morgan fingerprint density at radius 2 is 1.74 bits per heavy atom. The van der Waals surface area contributed by atoms with Crippen molar-refractivity contribution in [3.05, 3.63) is 70.8 Å². The third kappa shape index (κ3) is 4.79. The van der Waals surface area contributed by atoms with Crippen molar-refractivity contribution < 1.29 is 27.9 Å². The average Bonchev–Trinajstić information content (AvgIpc) is 3.35. The molecule has 0 bridgehead atoms. The van der Waals surface area contributed by atoms with E-state index in [2.05, 4.69) is 5.32 Å². The first-order chi connectivity index (χ1) is 18.3. The van der Waals surface area contributed by atoms with Gasteiger partial charge in [-0.05, 0) is 41.9 Å². The number of piperazine rings is 1. The molecule has 4 unspecified atom stereocenters. The molecule has 38 heavy (non-hydrogen) atoms. The highest BCUT2D eigenvalue weighted by atomic mass is 19.1. The van der Waals surface area contributed by atoms with Crippen molar-refractivity contribution in [2.45, 2.75) is 51.2 Å². The second-order valence-electron chi connectivity index (χ2n) is 10.5. The number of nitrogens with zero attached hydrogens (tertiary/aromatic N) is 2. The summed E-state index contributed by atoms with van der Waals surface area (Å²) in [4.78, 5) is 44.9. The molecule has 1 aliphatic carbocycles. The third-order valence-electron chi connectivity index (χ3n) is 8.22. The summed E-state index contributed by atoms with van der Waals surface area (Å²) >= 11 is 0. The van der Waals surface area contributed by atoms with Crippen LogP contribution >= 0.6 is 0 Å². The van der Waals surface area contributed by atoms with E-state index in [1.165, 1.54) is 15.9 Å². The maximum absolute atomic E-state index is 15.3. The van der Waals surface area contributed by atoms with Crippen LogP contribution in [0.2, 0.25) is 0 Å². The van der Waals surface area contributed by atoms with Gasteiger partial charge in [0.25, 0.3) is 0 Å². The number of benzene rings is 2. The van der Waals surface area contributed by atoms with Crippen LogP contribution in [0, 0.1) is 23.5 Å². The number of hydrogen-bond acceptors (Lipinski definition) is 4. The highest BCUT2D eigenvalue weighted by Gasteiger charge is 2.51. The molecule has 4 atom stereocenters. The van der Waals surface area contributed by atoms with Gasteiger partial charge in [0.2, 0.25) is 17.7 Å². The van der Waals surface area contributed by atoms with E-state index in [1.807, 2.05) is 38.1 Å². The van der Waals surface area contributed by atoms with Gasteiger partial charge in [0.15, 0.2) is 0 Å². The fraction of sp³-hybridized carbons (Fsp3) is 0.483. The fourth-order valence-electron chi connectivity index (χ4n) is 6.00. The zero-order chi connectivity index (χ0) is 27.0. The molecule has 9 heteroatoms. The van der Waals surface area contributed by atoms with Crippen molar-refractivity contribution in [3.63, 3.8) is 0 Å². The minimum Gasteiger partial charge on any atom is -0.378 e. The van der Waals surface area contributed by atoms with Gasteiger partial charge in [-0.3, -0.25) is 14.4 Å². The van der Waals surface area contributed by atoms with Gasteiger partial charge in [-0.25, -0.2) is 8.78 Å². The first-order valence-electron chi connectivity index (χ1n) is 13.3. The van der Waals surface area contributed by atoms with Crippen molar-refractivity contribution >= 4 is 17.7 Å². The molecule has 2 aliphatic heterocycles. The summed E-state index contributed by atoms with van der Waals surface area (Å²) < 4.78 is 34.6. The Balaban J connectivity index is 1.58. The largest absolute Gasteiger partial charge is 0.378 e. The van der Waals surface area contributed by atoms with E-state index in [9.17, 15) is 18.8 Å². The average molecular weight is 526 g/mol. The van der Waals surface area contributed by atoms with Crippen molar-refractivity contribution in [2.24, 2.45) is 11.8 Å². The van der Waals surface area contributed by atoms with Crippen LogP contribution in [0.15, 0.2) is 42.5 Å². The summed E-state index contributed by atoms with van der Waals surface area (Å²) in [6.07, 6.45) is 1.79. The second kappa shape index (κ2) is 10.8. The Hall–Kier alpha value is -3.33. The first kappa shape index (κ1) is 26.3. The lowest BCUT2D eigenvalue weighted by atomic mass is 9.85. The van der Waals surface area contributed by atoms with E-state index < -0.39 is 41.6 Å². The van der Waals surface area contributed by atoms with Gasteiger partial charge >= 0.3 is 0 Å². The zero-order valence-electron chi connectivity index (χ0n) is 21.7. The summed E-state index contributed by atoms with van der Waals surface area (Å²) in [6, 6.07) is 7.68. The lowest BCUT2D eigenvalue weighted by Gasteiger charge is -2.47. The van der Waals surface area contributed by atoms with Crippen LogP contribution < -0.4 is 5.32 Å². The molecule has 2 aromatic carbocycles. The van der Waals surface area contributed by atoms with Gasteiger partial charge in [-0.15, -0.1) is 0 Å². The number of hydrogen-bond donors (Lipinski definition) is 1. The highest BCUT2D eigenvalue weighted by molar-refractivity contribution is 6.00. The Kier molecular flexibility index (Phi) is 7.47. The van der Waals surface area contributed by atoms with Crippen molar-refractivity contribution in [1.29, 1.82) is 0 Å². The van der Waals surface area contributed by atoms with E-state index in [1.54, 1.807) is 0 Å². The fourth-order valence-corrected chi connectivity index (χ4v) is 6.00. The molecule has 3 amide bonds. The van der Waals surface area contributed by atoms with E-state index in [4.69, 9.17) is 4.74 Å². The van der Waals surface area contributed by atoms with Crippen LogP contribution in [0.25, 0.3) is 0 Å². The maximum Gasteiger partial charge on any atom is 0.250 e. The van der Waals surface area contributed by atoms with Gasteiger partial charge < -0.3 is 19.9 Å². The molecular weight excluding hydrogens is 492 g/mol. The number of halogens is 2. The van der Waals surface area contributed by atoms with Crippen LogP contribution in [0.1, 0.15) is 43.0 Å². The van der Waals surface area contributed by atoms with Gasteiger partial charge in [-0.1, -0.05) is 50.6 Å². The van der Waals surface area contributed by atoms with Gasteiger partial charge in [0, 0.05) is 24.7 Å². The van der Waals surface area contributed by atoms with Crippen LogP contribution in [-0.4, -0.2) is 65.9 Å². The van der Waals surface area contributed by atoms with E-state index in [0.717, 1.165) is 17.2 Å². The van der Waals surface area contributed by atoms with Crippen LogP contribution in [0.4, 0.5) is 8.78 Å². The minimum absolute atomic E-state index is 0.118. The smallest absolute Gasteiger partial charge is 0.250 e. The van der Waals surface area contributed by atoms with Crippen LogP contribution in [0.5, 0.6) is 0 Å². The molecule has 2 aromatic rings. The van der Waals surface area contributed by atoms with Gasteiger partial charge in [0.1, 0.15) is 29.8 Å². The summed E-state index contributed by atoms with van der Waals surface area (Å²) in [6.45, 7) is 4.93. The number of carbonyl (C=O) groups is 3. The first-order valence-corrected chi connectivity index (χ1v) is 13.3. The number of rotatable bonds is 6.